The number of rotatable bonds is 3. The number of halogens is 2. The molecule has 1 aliphatic rings. The van der Waals surface area contributed by atoms with Crippen LogP contribution in [0.25, 0.3) is 0 Å². The molecule has 1 amide bonds. The van der Waals surface area contributed by atoms with E-state index in [2.05, 4.69) is 15.3 Å². The predicted molar refractivity (Wildman–Crippen MR) is 76.5 cm³/mol. The van der Waals surface area contributed by atoms with Gasteiger partial charge in [-0.15, -0.1) is 0 Å². The standard InChI is InChI=1S/C13H17Cl2N3O/c14-12-11(13(15)17-8-16-12)18-10(19)7-9-5-3-1-2-4-6-9/h8-9H,1-7H2,(H,18,19). The summed E-state index contributed by atoms with van der Waals surface area (Å²) in [6.07, 6.45) is 9.03. The zero-order valence-electron chi connectivity index (χ0n) is 10.7. The Morgan fingerprint density at radius 2 is 1.74 bits per heavy atom. The molecule has 1 aromatic rings. The monoisotopic (exact) mass is 301 g/mol. The molecular formula is C13H17Cl2N3O. The molecular weight excluding hydrogens is 285 g/mol. The van der Waals surface area contributed by atoms with Crippen LogP contribution in [0.5, 0.6) is 0 Å². The van der Waals surface area contributed by atoms with Gasteiger partial charge in [0, 0.05) is 6.42 Å². The Labute approximate surface area is 122 Å². The lowest BCUT2D eigenvalue weighted by molar-refractivity contribution is -0.117. The van der Waals surface area contributed by atoms with E-state index in [1.165, 1.54) is 32.0 Å². The number of anilines is 1. The van der Waals surface area contributed by atoms with Crippen LogP contribution in [0.4, 0.5) is 5.69 Å². The van der Waals surface area contributed by atoms with Gasteiger partial charge in [-0.05, 0) is 18.8 Å². The molecule has 2 rings (SSSR count). The molecule has 4 nitrogen and oxygen atoms in total. The average Bonchev–Trinajstić information content (AvgIpc) is 2.63. The Morgan fingerprint density at radius 3 is 2.32 bits per heavy atom. The van der Waals surface area contributed by atoms with E-state index in [4.69, 9.17) is 23.2 Å². The highest BCUT2D eigenvalue weighted by atomic mass is 35.5. The molecule has 1 heterocycles. The third-order valence-corrected chi connectivity index (χ3v) is 4.04. The molecule has 0 saturated heterocycles. The van der Waals surface area contributed by atoms with Crippen molar-refractivity contribution in [3.05, 3.63) is 16.6 Å². The molecule has 1 fully saturated rings. The number of aromatic nitrogens is 2. The normalized spacial score (nSPS) is 16.9. The molecule has 6 heteroatoms. The fraction of sp³-hybridized carbons (Fsp3) is 0.615. The maximum absolute atomic E-state index is 12.0. The molecule has 1 aliphatic carbocycles. The van der Waals surface area contributed by atoms with E-state index >= 15 is 0 Å². The van der Waals surface area contributed by atoms with Crippen molar-refractivity contribution in [2.75, 3.05) is 5.32 Å². The van der Waals surface area contributed by atoms with Crippen molar-refractivity contribution in [1.82, 2.24) is 9.97 Å². The summed E-state index contributed by atoms with van der Waals surface area (Å²) in [5, 5.41) is 3.07. The second kappa shape index (κ2) is 7.06. The lowest BCUT2D eigenvalue weighted by Crippen LogP contribution is -2.17. The fourth-order valence-corrected chi connectivity index (χ4v) is 2.88. The lowest BCUT2D eigenvalue weighted by atomic mass is 9.96. The molecule has 0 radical (unpaired) electrons. The summed E-state index contributed by atoms with van der Waals surface area (Å²) in [6, 6.07) is 0. The third kappa shape index (κ3) is 4.32. The number of carbonyl (C=O) groups excluding carboxylic acids is 1. The maximum atomic E-state index is 12.0. The van der Waals surface area contributed by atoms with Gasteiger partial charge in [0.25, 0.3) is 0 Å². The van der Waals surface area contributed by atoms with Crippen LogP contribution in [0.1, 0.15) is 44.9 Å². The first-order valence-corrected chi connectivity index (χ1v) is 7.38. The predicted octanol–water partition coefficient (Wildman–Crippen LogP) is 4.08. The fourth-order valence-electron chi connectivity index (χ4n) is 2.47. The number of amides is 1. The van der Waals surface area contributed by atoms with Gasteiger partial charge in [-0.3, -0.25) is 4.79 Å². The Hall–Kier alpha value is -0.870. The largest absolute Gasteiger partial charge is 0.321 e. The molecule has 1 aromatic heterocycles. The zero-order chi connectivity index (χ0) is 13.7. The average molecular weight is 302 g/mol. The minimum atomic E-state index is -0.0644. The smallest absolute Gasteiger partial charge is 0.224 e. The van der Waals surface area contributed by atoms with E-state index in [-0.39, 0.29) is 16.2 Å². The summed E-state index contributed by atoms with van der Waals surface area (Å²) in [5.74, 6) is 0.398. The molecule has 19 heavy (non-hydrogen) atoms. The summed E-state index contributed by atoms with van der Waals surface area (Å²) in [4.78, 5) is 19.6. The number of nitrogens with zero attached hydrogens (tertiary/aromatic N) is 2. The van der Waals surface area contributed by atoms with Crippen molar-refractivity contribution in [3.63, 3.8) is 0 Å². The second-order valence-corrected chi connectivity index (χ2v) is 5.66. The second-order valence-electron chi connectivity index (χ2n) is 4.94. The van der Waals surface area contributed by atoms with Crippen LogP contribution in [0.15, 0.2) is 6.33 Å². The summed E-state index contributed by atoms with van der Waals surface area (Å²) < 4.78 is 0. The topological polar surface area (TPSA) is 54.9 Å². The van der Waals surface area contributed by atoms with Crippen LogP contribution >= 0.6 is 23.2 Å². The maximum Gasteiger partial charge on any atom is 0.224 e. The van der Waals surface area contributed by atoms with Crippen LogP contribution in [-0.4, -0.2) is 15.9 Å². The van der Waals surface area contributed by atoms with Crippen molar-refractivity contribution in [3.8, 4) is 0 Å². The van der Waals surface area contributed by atoms with E-state index in [1.807, 2.05) is 0 Å². The minimum absolute atomic E-state index is 0.0644. The van der Waals surface area contributed by atoms with Gasteiger partial charge >= 0.3 is 0 Å². The van der Waals surface area contributed by atoms with Crippen LogP contribution < -0.4 is 5.32 Å². The molecule has 0 spiro atoms. The highest BCUT2D eigenvalue weighted by molar-refractivity contribution is 6.38. The Morgan fingerprint density at radius 1 is 1.16 bits per heavy atom. The lowest BCUT2D eigenvalue weighted by Gasteiger charge is -2.14. The molecule has 0 unspecified atom stereocenters. The van der Waals surface area contributed by atoms with Gasteiger partial charge in [0.05, 0.1) is 0 Å². The summed E-state index contributed by atoms with van der Waals surface area (Å²) in [5.41, 5.74) is 0.310. The van der Waals surface area contributed by atoms with Crippen LogP contribution in [0.3, 0.4) is 0 Å². The molecule has 1 N–H and O–H groups in total. The molecule has 104 valence electrons. The van der Waals surface area contributed by atoms with Gasteiger partial charge in [-0.1, -0.05) is 48.9 Å². The highest BCUT2D eigenvalue weighted by Crippen LogP contribution is 2.28. The van der Waals surface area contributed by atoms with Crippen LogP contribution in [0.2, 0.25) is 10.3 Å². The van der Waals surface area contributed by atoms with Crippen molar-refractivity contribution in [2.24, 2.45) is 5.92 Å². The summed E-state index contributed by atoms with van der Waals surface area (Å²) in [7, 11) is 0. The number of nitrogens with one attached hydrogen (secondary N) is 1. The first-order valence-electron chi connectivity index (χ1n) is 6.62. The molecule has 1 saturated carbocycles. The van der Waals surface area contributed by atoms with Gasteiger partial charge in [0.15, 0.2) is 10.3 Å². The van der Waals surface area contributed by atoms with Crippen LogP contribution in [-0.2, 0) is 4.79 Å². The van der Waals surface area contributed by atoms with Crippen molar-refractivity contribution >= 4 is 34.8 Å². The highest BCUT2D eigenvalue weighted by Gasteiger charge is 2.18. The van der Waals surface area contributed by atoms with Crippen molar-refractivity contribution < 1.29 is 4.79 Å². The first-order chi connectivity index (χ1) is 9.16. The van der Waals surface area contributed by atoms with E-state index < -0.39 is 0 Å². The van der Waals surface area contributed by atoms with E-state index in [0.29, 0.717) is 18.0 Å². The SMILES string of the molecule is O=C(CC1CCCCCC1)Nc1c(Cl)ncnc1Cl. The Kier molecular flexibility index (Phi) is 5.40. The zero-order valence-corrected chi connectivity index (χ0v) is 12.2. The molecule has 0 bridgehead atoms. The van der Waals surface area contributed by atoms with Gasteiger partial charge in [-0.25, -0.2) is 9.97 Å². The van der Waals surface area contributed by atoms with Gasteiger partial charge in [0.2, 0.25) is 5.91 Å². The number of carbonyl (C=O) groups is 1. The molecule has 0 aliphatic heterocycles. The van der Waals surface area contributed by atoms with Crippen LogP contribution in [0, 0.1) is 5.92 Å². The quantitative estimate of drug-likeness (QED) is 0.676. The Bertz CT molecular complexity index is 425. The Balaban J connectivity index is 1.93. The van der Waals surface area contributed by atoms with Gasteiger partial charge in [0.1, 0.15) is 12.0 Å². The van der Waals surface area contributed by atoms with E-state index in [1.54, 1.807) is 0 Å². The summed E-state index contributed by atoms with van der Waals surface area (Å²) >= 11 is 11.8. The molecule has 0 aromatic carbocycles. The third-order valence-electron chi connectivity index (χ3n) is 3.47. The first kappa shape index (κ1) is 14.5. The van der Waals surface area contributed by atoms with E-state index in [0.717, 1.165) is 12.8 Å². The number of hydrogen-bond donors (Lipinski definition) is 1. The number of hydrogen-bond acceptors (Lipinski definition) is 3. The van der Waals surface area contributed by atoms with Gasteiger partial charge < -0.3 is 5.32 Å². The molecule has 0 atom stereocenters. The van der Waals surface area contributed by atoms with Crippen molar-refractivity contribution in [1.29, 1.82) is 0 Å². The van der Waals surface area contributed by atoms with E-state index in [9.17, 15) is 4.79 Å². The van der Waals surface area contributed by atoms with Gasteiger partial charge in [-0.2, -0.15) is 0 Å². The summed E-state index contributed by atoms with van der Waals surface area (Å²) in [6.45, 7) is 0. The minimum Gasteiger partial charge on any atom is -0.321 e. The van der Waals surface area contributed by atoms with Crippen molar-refractivity contribution in [2.45, 2.75) is 44.9 Å².